The Morgan fingerprint density at radius 3 is 1.72 bits per heavy atom. The molecule has 8 heterocycles. The monoisotopic (exact) mass is 1020 g/mol. The van der Waals surface area contributed by atoms with E-state index in [1.54, 1.807) is 59.9 Å². The number of methoxy groups -OCH3 is 2. The van der Waals surface area contributed by atoms with Gasteiger partial charge < -0.3 is 50.2 Å². The van der Waals surface area contributed by atoms with Gasteiger partial charge in [0.15, 0.2) is 5.69 Å². The summed E-state index contributed by atoms with van der Waals surface area (Å²) < 4.78 is 18.9. The third-order valence-electron chi connectivity index (χ3n) is 11.1. The number of ether oxygens (including phenoxy) is 2. The lowest BCUT2D eigenvalue weighted by atomic mass is 10.1. The number of carbonyl (C=O) groups is 4. The van der Waals surface area contributed by atoms with E-state index in [-0.39, 0.29) is 58.5 Å². The van der Waals surface area contributed by atoms with Crippen LogP contribution >= 0.6 is 22.6 Å². The summed E-state index contributed by atoms with van der Waals surface area (Å²) in [4.78, 5) is 60.2. The van der Waals surface area contributed by atoms with E-state index < -0.39 is 11.8 Å². The van der Waals surface area contributed by atoms with Crippen LogP contribution < -0.4 is 22.1 Å². The lowest BCUT2D eigenvalue weighted by Gasteiger charge is -2.22. The summed E-state index contributed by atoms with van der Waals surface area (Å²) in [6.07, 6.45) is 20.4. The Morgan fingerprint density at radius 2 is 1.25 bits per heavy atom. The molecule has 2 aliphatic heterocycles. The molecule has 8 rings (SSSR count). The lowest BCUT2D eigenvalue weighted by molar-refractivity contribution is -0.128. The summed E-state index contributed by atoms with van der Waals surface area (Å²) in [7, 11) is 6.53. The third kappa shape index (κ3) is 10.8. The number of imidazole rings is 2. The van der Waals surface area contributed by atoms with Gasteiger partial charge in [-0.05, 0) is 83.7 Å². The molecule has 21 heteroatoms. The first kappa shape index (κ1) is 49.0. The molecule has 2 fully saturated rings. The van der Waals surface area contributed by atoms with Crippen molar-refractivity contribution in [2.75, 3.05) is 65.3 Å². The number of hydrogen-bond donors (Lipinski definition) is 4. The Labute approximate surface area is 400 Å². The quantitative estimate of drug-likeness (QED) is 0.0787. The molecule has 20 nitrogen and oxygen atoms in total. The highest BCUT2D eigenvalue weighted by Crippen LogP contribution is 2.34. The summed E-state index contributed by atoms with van der Waals surface area (Å²) >= 11 is 2.27. The fraction of sp³-hybridized carbons (Fsp3) is 0.304. The van der Waals surface area contributed by atoms with E-state index in [1.807, 2.05) is 51.8 Å². The standard InChI is InChI=1S/C23H25N7O3.C16H21N5O3.C7H5IN2/c1-4-20(31)29-13-16(12-17(29)14-33-3)30-23(25-2)21(22(24)32)18(27-30)6-5-15-7-9-28-10-8-26-19(28)11-15;1-5-12-14(15(17)23)16(18-3)21(19-12)10-7-11(9-24-4)20(8-10)13(22)6-2;8-6-1-3-10-4-2-9-7(10)5-6/h4,7-11,16-17,25H,1,12-14H2,2-3H3,(H2,24,32);1,6,10-11,18H,2,7-9H2,3-4H3,(H2,17,23);1-5H/t16-,17+;10-,11+;/m00./s1. The van der Waals surface area contributed by atoms with Gasteiger partial charge in [-0.2, -0.15) is 10.2 Å². The Kier molecular flexibility index (Phi) is 16.2. The Morgan fingerprint density at radius 1 is 0.776 bits per heavy atom. The van der Waals surface area contributed by atoms with Crippen LogP contribution in [0.5, 0.6) is 0 Å². The molecule has 0 saturated carbocycles. The summed E-state index contributed by atoms with van der Waals surface area (Å²) in [5.74, 6) is 7.69. The maximum Gasteiger partial charge on any atom is 0.255 e. The van der Waals surface area contributed by atoms with Crippen LogP contribution in [0.2, 0.25) is 0 Å². The zero-order valence-corrected chi connectivity index (χ0v) is 39.6. The minimum Gasteiger partial charge on any atom is -0.383 e. The number of nitrogens with one attached hydrogen (secondary N) is 2. The van der Waals surface area contributed by atoms with Crippen molar-refractivity contribution in [3.63, 3.8) is 0 Å². The van der Waals surface area contributed by atoms with Crippen molar-refractivity contribution in [3.05, 3.63) is 118 Å². The number of primary amides is 2. The van der Waals surface area contributed by atoms with Gasteiger partial charge in [-0.1, -0.05) is 19.1 Å². The van der Waals surface area contributed by atoms with Crippen LogP contribution in [0.15, 0.2) is 86.8 Å². The number of pyridine rings is 2. The molecular formula is C46H51IN14O6. The van der Waals surface area contributed by atoms with E-state index in [0.717, 1.165) is 16.9 Å². The van der Waals surface area contributed by atoms with Gasteiger partial charge in [0.05, 0.1) is 37.4 Å². The van der Waals surface area contributed by atoms with Gasteiger partial charge in [-0.3, -0.25) is 19.2 Å². The molecule has 4 atom stereocenters. The number of terminal acetylenes is 1. The predicted octanol–water partition coefficient (Wildman–Crippen LogP) is 2.96. The highest BCUT2D eigenvalue weighted by molar-refractivity contribution is 14.1. The number of aromatic nitrogens is 8. The Bertz CT molecular complexity index is 2910. The second kappa shape index (κ2) is 22.1. The maximum atomic E-state index is 12.3. The van der Waals surface area contributed by atoms with Crippen molar-refractivity contribution < 1.29 is 28.7 Å². The fourth-order valence-corrected chi connectivity index (χ4v) is 8.59. The summed E-state index contributed by atoms with van der Waals surface area (Å²) in [5, 5.41) is 14.9. The lowest BCUT2D eigenvalue weighted by Crippen LogP contribution is -2.37. The van der Waals surface area contributed by atoms with E-state index in [0.29, 0.717) is 50.8 Å². The molecule has 0 radical (unpaired) electrons. The first-order chi connectivity index (χ1) is 32.3. The molecule has 0 aromatic carbocycles. The molecule has 0 bridgehead atoms. The van der Waals surface area contributed by atoms with Crippen LogP contribution in [0.25, 0.3) is 11.3 Å². The van der Waals surface area contributed by atoms with E-state index >= 15 is 0 Å². The molecule has 348 valence electrons. The van der Waals surface area contributed by atoms with E-state index in [2.05, 4.69) is 90.4 Å². The van der Waals surface area contributed by atoms with Crippen molar-refractivity contribution in [2.24, 2.45) is 11.5 Å². The Balaban J connectivity index is 0.000000189. The molecule has 0 unspecified atom stereocenters. The van der Waals surface area contributed by atoms with Crippen LogP contribution in [0.1, 0.15) is 62.6 Å². The molecule has 0 aliphatic carbocycles. The molecule has 6 N–H and O–H groups in total. The predicted molar refractivity (Wildman–Crippen MR) is 260 cm³/mol. The topological polar surface area (TPSA) is 240 Å². The van der Waals surface area contributed by atoms with Crippen LogP contribution in [-0.2, 0) is 19.1 Å². The van der Waals surface area contributed by atoms with Crippen molar-refractivity contribution in [2.45, 2.75) is 37.0 Å². The Hall–Kier alpha value is -7.47. The number of rotatable bonds is 12. The van der Waals surface area contributed by atoms with Gasteiger partial charge in [-0.15, -0.1) is 6.42 Å². The number of hydrogen-bond acceptors (Lipinski definition) is 12. The number of carbonyl (C=O) groups excluding carboxylic acids is 4. The number of halogens is 1. The zero-order valence-electron chi connectivity index (χ0n) is 37.4. The van der Waals surface area contributed by atoms with Crippen molar-refractivity contribution >= 4 is 69.1 Å². The third-order valence-corrected chi connectivity index (χ3v) is 11.8. The molecule has 2 aliphatic rings. The first-order valence-corrected chi connectivity index (χ1v) is 21.9. The van der Waals surface area contributed by atoms with Crippen LogP contribution in [0.4, 0.5) is 11.6 Å². The van der Waals surface area contributed by atoms with Crippen LogP contribution in [0.3, 0.4) is 0 Å². The van der Waals surface area contributed by atoms with Gasteiger partial charge in [0.25, 0.3) is 11.8 Å². The van der Waals surface area contributed by atoms with Gasteiger partial charge >= 0.3 is 0 Å². The summed E-state index contributed by atoms with van der Waals surface area (Å²) in [5.41, 5.74) is 14.5. The molecule has 6 aromatic rings. The van der Waals surface area contributed by atoms with E-state index in [9.17, 15) is 19.2 Å². The molecule has 6 aromatic heterocycles. The second-order valence-corrected chi connectivity index (χ2v) is 16.4. The zero-order chi connectivity index (χ0) is 48.4. The normalized spacial score (nSPS) is 17.3. The number of anilines is 2. The molecular weight excluding hydrogens is 972 g/mol. The van der Waals surface area contributed by atoms with Gasteiger partial charge in [-0.25, -0.2) is 19.3 Å². The molecule has 0 spiro atoms. The maximum absolute atomic E-state index is 12.3. The van der Waals surface area contributed by atoms with E-state index in [4.69, 9.17) is 27.4 Å². The number of fused-ring (bicyclic) bond motifs is 2. The highest BCUT2D eigenvalue weighted by atomic mass is 127. The van der Waals surface area contributed by atoms with Crippen molar-refractivity contribution in [1.29, 1.82) is 0 Å². The summed E-state index contributed by atoms with van der Waals surface area (Å²) in [6.45, 7) is 8.72. The molecule has 2 saturated heterocycles. The molecule has 67 heavy (non-hydrogen) atoms. The van der Waals surface area contributed by atoms with Crippen molar-refractivity contribution in [1.82, 2.24) is 48.1 Å². The minimum atomic E-state index is -0.649. The number of nitrogens with two attached hydrogens (primary N) is 2. The van der Waals surface area contributed by atoms with Gasteiger partial charge in [0.1, 0.15) is 39.8 Å². The van der Waals surface area contributed by atoms with Crippen molar-refractivity contribution in [3.8, 4) is 24.2 Å². The number of amides is 4. The molecule has 4 amide bonds. The SMILES string of the molecule is C#Cc1nn([C@H]2C[C@H](COC)N(C(=O)C=C)C2)c(NC)c1C(N)=O.C=CC(=O)N1C[C@@H](n2nc(C#Cc3ccn4ccnc4c3)c(C(N)=O)c2NC)C[C@@H]1COC.Ic1ccn2ccnc2c1. The second-order valence-electron chi connectivity index (χ2n) is 15.2. The number of likely N-dealkylation sites (tertiary alicyclic amines) is 2. The largest absolute Gasteiger partial charge is 0.383 e. The van der Waals surface area contributed by atoms with Gasteiger partial charge in [0, 0.05) is 87.7 Å². The summed E-state index contributed by atoms with van der Waals surface area (Å²) in [6, 6.07) is 7.21. The average molecular weight is 1020 g/mol. The first-order valence-electron chi connectivity index (χ1n) is 20.8. The van der Waals surface area contributed by atoms with Crippen LogP contribution in [0, 0.1) is 27.8 Å². The average Bonchev–Trinajstić information content (AvgIpc) is 4.19. The fourth-order valence-electron chi connectivity index (χ4n) is 8.15. The van der Waals surface area contributed by atoms with Crippen LogP contribution in [-0.4, -0.2) is 138 Å². The minimum absolute atomic E-state index is 0.106. The van der Waals surface area contributed by atoms with E-state index in [1.165, 1.54) is 15.7 Å². The van der Waals surface area contributed by atoms with Gasteiger partial charge in [0.2, 0.25) is 11.8 Å². The number of nitrogens with zero attached hydrogens (tertiary/aromatic N) is 10. The smallest absolute Gasteiger partial charge is 0.255 e. The highest BCUT2D eigenvalue weighted by Gasteiger charge is 2.39.